The summed E-state index contributed by atoms with van der Waals surface area (Å²) in [6, 6.07) is 0.443. The summed E-state index contributed by atoms with van der Waals surface area (Å²) in [4.78, 5) is 0. The Balaban J connectivity index is 2.47. The van der Waals surface area contributed by atoms with E-state index < -0.39 is 0 Å². The highest BCUT2D eigenvalue weighted by Crippen LogP contribution is 2.35. The molecule has 2 rings (SSSR count). The summed E-state index contributed by atoms with van der Waals surface area (Å²) < 4.78 is 2.09. The van der Waals surface area contributed by atoms with Crippen molar-refractivity contribution in [3.8, 4) is 0 Å². The van der Waals surface area contributed by atoms with Gasteiger partial charge >= 0.3 is 0 Å². The molecule has 0 unspecified atom stereocenters. The minimum Gasteiger partial charge on any atom is -0.373 e. The van der Waals surface area contributed by atoms with E-state index in [1.807, 2.05) is 18.8 Å². The van der Waals surface area contributed by atoms with Gasteiger partial charge in [0.25, 0.3) is 0 Å². The molecule has 1 aromatic heterocycles. The highest BCUT2D eigenvalue weighted by atomic mass is 32.2. The number of nitrogens with one attached hydrogen (secondary N) is 1. The van der Waals surface area contributed by atoms with E-state index in [0.717, 1.165) is 11.5 Å². The van der Waals surface area contributed by atoms with Crippen LogP contribution in [0.1, 0.15) is 31.1 Å². The maximum absolute atomic E-state index is 4.59. The van der Waals surface area contributed by atoms with Gasteiger partial charge in [-0.2, -0.15) is 16.9 Å². The molecule has 1 N–H and O–H groups in total. The molecule has 0 aromatic carbocycles. The van der Waals surface area contributed by atoms with Gasteiger partial charge in [-0.15, -0.1) is 0 Å². The minimum atomic E-state index is 0.443. The van der Waals surface area contributed by atoms with E-state index in [1.54, 1.807) is 0 Å². The van der Waals surface area contributed by atoms with E-state index in [4.69, 9.17) is 0 Å². The van der Waals surface area contributed by atoms with Crippen molar-refractivity contribution < 1.29 is 0 Å². The molecule has 0 saturated heterocycles. The molecular weight excluding hydrogens is 182 g/mol. The molecular formula is C9H15N3S. The Morgan fingerprint density at radius 1 is 1.46 bits per heavy atom. The molecule has 4 heteroatoms. The van der Waals surface area contributed by atoms with Crippen LogP contribution < -0.4 is 5.32 Å². The van der Waals surface area contributed by atoms with Gasteiger partial charge in [0.1, 0.15) is 5.82 Å². The number of fused-ring (bicyclic) bond motifs is 1. The van der Waals surface area contributed by atoms with Gasteiger partial charge in [-0.25, -0.2) is 4.68 Å². The first kappa shape index (κ1) is 8.94. The fraction of sp³-hybridized carbons (Fsp3) is 0.667. The standard InChI is InChI=1S/C9H15N3S/c1-6(2)12-9(10-3)7-4-13-5-8(7)11-12/h6,10H,4-5H2,1-3H3. The molecule has 0 amide bonds. The van der Waals surface area contributed by atoms with Crippen LogP contribution in [0.3, 0.4) is 0 Å². The Bertz CT molecular complexity index is 317. The van der Waals surface area contributed by atoms with Gasteiger partial charge in [0.05, 0.1) is 5.69 Å². The average molecular weight is 197 g/mol. The van der Waals surface area contributed by atoms with Crippen LogP contribution in [0.5, 0.6) is 0 Å². The van der Waals surface area contributed by atoms with E-state index in [9.17, 15) is 0 Å². The van der Waals surface area contributed by atoms with Crippen molar-refractivity contribution in [1.29, 1.82) is 0 Å². The quantitative estimate of drug-likeness (QED) is 0.788. The fourth-order valence-electron chi connectivity index (χ4n) is 1.67. The lowest BCUT2D eigenvalue weighted by molar-refractivity contribution is 0.535. The number of anilines is 1. The second-order valence-electron chi connectivity index (χ2n) is 3.55. The Hall–Kier alpha value is -0.640. The molecule has 3 nitrogen and oxygen atoms in total. The Morgan fingerprint density at radius 3 is 2.85 bits per heavy atom. The third kappa shape index (κ3) is 1.33. The lowest BCUT2D eigenvalue weighted by Gasteiger charge is -2.11. The van der Waals surface area contributed by atoms with Gasteiger partial charge in [0.15, 0.2) is 0 Å². The maximum atomic E-state index is 4.59. The predicted molar refractivity (Wildman–Crippen MR) is 57.2 cm³/mol. The van der Waals surface area contributed by atoms with Gasteiger partial charge in [0.2, 0.25) is 0 Å². The SMILES string of the molecule is CNc1c2c(nn1C(C)C)CSC2. The van der Waals surface area contributed by atoms with E-state index in [0.29, 0.717) is 6.04 Å². The zero-order valence-corrected chi connectivity index (χ0v) is 9.11. The molecule has 1 aliphatic rings. The predicted octanol–water partition coefficient (Wildman–Crippen LogP) is 2.25. The molecule has 0 saturated carbocycles. The Labute approximate surface area is 82.9 Å². The summed E-state index contributed by atoms with van der Waals surface area (Å²) in [5, 5.41) is 7.84. The van der Waals surface area contributed by atoms with Crippen LogP contribution in [-0.2, 0) is 11.5 Å². The summed E-state index contributed by atoms with van der Waals surface area (Å²) in [5.41, 5.74) is 2.67. The number of aromatic nitrogens is 2. The first-order chi connectivity index (χ1) is 6.24. The molecule has 0 radical (unpaired) electrons. The number of thioether (sulfide) groups is 1. The molecule has 0 spiro atoms. The number of rotatable bonds is 2. The van der Waals surface area contributed by atoms with Crippen LogP contribution in [0, 0.1) is 0 Å². The molecule has 0 aliphatic carbocycles. The lowest BCUT2D eigenvalue weighted by atomic mass is 10.3. The zero-order valence-electron chi connectivity index (χ0n) is 8.29. The second kappa shape index (κ2) is 3.25. The van der Waals surface area contributed by atoms with Crippen LogP contribution in [-0.4, -0.2) is 16.8 Å². The molecule has 72 valence electrons. The van der Waals surface area contributed by atoms with Crippen LogP contribution >= 0.6 is 11.8 Å². The van der Waals surface area contributed by atoms with Gasteiger partial charge < -0.3 is 5.32 Å². The molecule has 0 atom stereocenters. The van der Waals surface area contributed by atoms with Crippen LogP contribution in [0.4, 0.5) is 5.82 Å². The summed E-state index contributed by atoms with van der Waals surface area (Å²) in [6.07, 6.45) is 0. The summed E-state index contributed by atoms with van der Waals surface area (Å²) >= 11 is 1.94. The topological polar surface area (TPSA) is 29.9 Å². The first-order valence-corrected chi connectivity index (χ1v) is 5.75. The molecule has 0 fully saturated rings. The molecule has 2 heterocycles. The van der Waals surface area contributed by atoms with Gasteiger partial charge in [-0.1, -0.05) is 0 Å². The fourth-order valence-corrected chi connectivity index (χ4v) is 2.71. The van der Waals surface area contributed by atoms with Crippen molar-refractivity contribution in [3.05, 3.63) is 11.3 Å². The lowest BCUT2D eigenvalue weighted by Crippen LogP contribution is -2.08. The Kier molecular flexibility index (Phi) is 2.24. The van der Waals surface area contributed by atoms with Crippen LogP contribution in [0.2, 0.25) is 0 Å². The minimum absolute atomic E-state index is 0.443. The molecule has 1 aliphatic heterocycles. The zero-order chi connectivity index (χ0) is 9.42. The normalized spacial score (nSPS) is 15.1. The highest BCUT2D eigenvalue weighted by Gasteiger charge is 2.22. The van der Waals surface area contributed by atoms with Crippen molar-refractivity contribution in [2.45, 2.75) is 31.4 Å². The monoisotopic (exact) mass is 197 g/mol. The van der Waals surface area contributed by atoms with Gasteiger partial charge in [-0.3, -0.25) is 0 Å². The Morgan fingerprint density at radius 2 is 2.23 bits per heavy atom. The molecule has 0 bridgehead atoms. The first-order valence-electron chi connectivity index (χ1n) is 4.59. The van der Waals surface area contributed by atoms with Crippen LogP contribution in [0.15, 0.2) is 0 Å². The van der Waals surface area contributed by atoms with Crippen molar-refractivity contribution >= 4 is 17.6 Å². The van der Waals surface area contributed by atoms with E-state index in [1.165, 1.54) is 17.1 Å². The number of hydrogen-bond donors (Lipinski definition) is 1. The van der Waals surface area contributed by atoms with Crippen molar-refractivity contribution in [2.24, 2.45) is 0 Å². The van der Waals surface area contributed by atoms with Gasteiger partial charge in [0, 0.05) is 30.2 Å². The van der Waals surface area contributed by atoms with E-state index >= 15 is 0 Å². The number of hydrogen-bond acceptors (Lipinski definition) is 3. The third-order valence-corrected chi connectivity index (χ3v) is 3.27. The highest BCUT2D eigenvalue weighted by molar-refractivity contribution is 7.98. The van der Waals surface area contributed by atoms with E-state index in [2.05, 4.69) is 28.9 Å². The van der Waals surface area contributed by atoms with Crippen molar-refractivity contribution in [2.75, 3.05) is 12.4 Å². The van der Waals surface area contributed by atoms with Crippen LogP contribution in [0.25, 0.3) is 0 Å². The third-order valence-electron chi connectivity index (χ3n) is 2.30. The smallest absolute Gasteiger partial charge is 0.128 e. The maximum Gasteiger partial charge on any atom is 0.128 e. The molecule has 13 heavy (non-hydrogen) atoms. The summed E-state index contributed by atoms with van der Waals surface area (Å²) in [7, 11) is 1.97. The van der Waals surface area contributed by atoms with Crippen molar-refractivity contribution in [1.82, 2.24) is 9.78 Å². The summed E-state index contributed by atoms with van der Waals surface area (Å²) in [6.45, 7) is 4.33. The number of nitrogens with zero attached hydrogens (tertiary/aromatic N) is 2. The molecule has 1 aromatic rings. The second-order valence-corrected chi connectivity index (χ2v) is 4.54. The summed E-state index contributed by atoms with van der Waals surface area (Å²) in [5.74, 6) is 3.39. The largest absolute Gasteiger partial charge is 0.373 e. The van der Waals surface area contributed by atoms with Gasteiger partial charge in [-0.05, 0) is 13.8 Å². The van der Waals surface area contributed by atoms with E-state index in [-0.39, 0.29) is 0 Å². The average Bonchev–Trinajstić information content (AvgIpc) is 2.60. The van der Waals surface area contributed by atoms with Crippen molar-refractivity contribution in [3.63, 3.8) is 0 Å².